The van der Waals surface area contributed by atoms with Crippen molar-refractivity contribution < 1.29 is 4.39 Å². The zero-order valence-electron chi connectivity index (χ0n) is 13.6. The summed E-state index contributed by atoms with van der Waals surface area (Å²) >= 11 is 14.1. The van der Waals surface area contributed by atoms with Gasteiger partial charge in [-0.15, -0.1) is 11.3 Å². The lowest BCUT2D eigenvalue weighted by molar-refractivity contribution is 0.628. The second kappa shape index (κ2) is 6.83. The molecule has 0 atom stereocenters. The molecule has 0 saturated heterocycles. The van der Waals surface area contributed by atoms with Gasteiger partial charge in [-0.05, 0) is 36.8 Å². The van der Waals surface area contributed by atoms with E-state index in [2.05, 4.69) is 15.3 Å². The highest BCUT2D eigenvalue weighted by Crippen LogP contribution is 2.42. The van der Waals surface area contributed by atoms with Gasteiger partial charge in [0.2, 0.25) is 0 Å². The maximum absolute atomic E-state index is 13.3. The van der Waals surface area contributed by atoms with Crippen molar-refractivity contribution in [2.45, 2.75) is 6.92 Å². The van der Waals surface area contributed by atoms with Gasteiger partial charge < -0.3 is 5.32 Å². The monoisotopic (exact) mass is 403 g/mol. The van der Waals surface area contributed by atoms with Gasteiger partial charge in [-0.25, -0.2) is 14.4 Å². The average molecular weight is 404 g/mol. The zero-order valence-corrected chi connectivity index (χ0v) is 15.9. The highest BCUT2D eigenvalue weighted by atomic mass is 35.5. The third-order valence-electron chi connectivity index (χ3n) is 4.00. The molecule has 1 N–H and O–H groups in total. The van der Waals surface area contributed by atoms with Crippen molar-refractivity contribution in [1.29, 1.82) is 0 Å². The van der Waals surface area contributed by atoms with Gasteiger partial charge in [0.15, 0.2) is 0 Å². The van der Waals surface area contributed by atoms with Crippen molar-refractivity contribution >= 4 is 56.3 Å². The number of anilines is 2. The molecule has 0 aliphatic heterocycles. The minimum atomic E-state index is -0.275. The number of fused-ring (bicyclic) bond motifs is 1. The number of nitrogens with one attached hydrogen (secondary N) is 1. The third kappa shape index (κ3) is 3.03. The number of benzene rings is 2. The van der Waals surface area contributed by atoms with Crippen LogP contribution in [0, 0.1) is 12.7 Å². The van der Waals surface area contributed by atoms with Crippen LogP contribution in [-0.2, 0) is 0 Å². The zero-order chi connectivity index (χ0) is 18.3. The molecule has 0 radical (unpaired) electrons. The summed E-state index contributed by atoms with van der Waals surface area (Å²) in [7, 11) is 0. The summed E-state index contributed by atoms with van der Waals surface area (Å²) in [5.74, 6) is 0.331. The van der Waals surface area contributed by atoms with E-state index in [9.17, 15) is 4.39 Å². The van der Waals surface area contributed by atoms with Gasteiger partial charge in [-0.3, -0.25) is 0 Å². The van der Waals surface area contributed by atoms with Crippen LogP contribution < -0.4 is 5.32 Å². The second-order valence-electron chi connectivity index (χ2n) is 5.66. The summed E-state index contributed by atoms with van der Waals surface area (Å²) < 4.78 is 13.3. The van der Waals surface area contributed by atoms with E-state index in [4.69, 9.17) is 23.2 Å². The quantitative estimate of drug-likeness (QED) is 0.406. The van der Waals surface area contributed by atoms with Gasteiger partial charge in [0.1, 0.15) is 22.8 Å². The standard InChI is InChI=1S/C19H12Cl2FN3S/c1-10-15(11-5-7-12(22)8-6-11)16-18(23-9-24-19(16)26-10)25-17-13(20)3-2-4-14(17)21/h2-9H,1H3,(H,23,24,25). The van der Waals surface area contributed by atoms with Crippen LogP contribution in [0.1, 0.15) is 4.88 Å². The van der Waals surface area contributed by atoms with Gasteiger partial charge in [0.25, 0.3) is 0 Å². The van der Waals surface area contributed by atoms with Crippen molar-refractivity contribution in [3.05, 3.63) is 69.5 Å². The van der Waals surface area contributed by atoms with Crippen molar-refractivity contribution in [1.82, 2.24) is 9.97 Å². The molecule has 4 rings (SSSR count). The highest BCUT2D eigenvalue weighted by molar-refractivity contribution is 7.19. The summed E-state index contributed by atoms with van der Waals surface area (Å²) in [4.78, 5) is 10.7. The molecule has 0 saturated carbocycles. The number of halogens is 3. The van der Waals surface area contributed by atoms with E-state index in [-0.39, 0.29) is 5.82 Å². The van der Waals surface area contributed by atoms with Crippen molar-refractivity contribution in [2.24, 2.45) is 0 Å². The molecular weight excluding hydrogens is 392 g/mol. The van der Waals surface area contributed by atoms with Crippen LogP contribution in [0.5, 0.6) is 0 Å². The fourth-order valence-corrected chi connectivity index (χ4v) is 4.34. The summed E-state index contributed by atoms with van der Waals surface area (Å²) in [6.07, 6.45) is 1.50. The summed E-state index contributed by atoms with van der Waals surface area (Å²) in [6.45, 7) is 2.01. The first-order valence-electron chi connectivity index (χ1n) is 7.75. The number of hydrogen-bond acceptors (Lipinski definition) is 4. The molecule has 0 amide bonds. The minimum Gasteiger partial charge on any atom is -0.337 e. The fourth-order valence-electron chi connectivity index (χ4n) is 2.84. The molecule has 130 valence electrons. The SMILES string of the molecule is Cc1sc2ncnc(Nc3c(Cl)cccc3Cl)c2c1-c1ccc(F)cc1. The average Bonchev–Trinajstić information content (AvgIpc) is 2.96. The molecule has 0 unspecified atom stereocenters. The number of para-hydroxylation sites is 1. The molecule has 0 spiro atoms. The molecule has 4 aromatic rings. The summed E-state index contributed by atoms with van der Waals surface area (Å²) in [5, 5.41) is 5.09. The molecule has 0 bridgehead atoms. The van der Waals surface area contributed by atoms with Crippen LogP contribution in [-0.4, -0.2) is 9.97 Å². The molecule has 2 aromatic heterocycles. The van der Waals surface area contributed by atoms with Crippen molar-refractivity contribution in [2.75, 3.05) is 5.32 Å². The predicted octanol–water partition coefficient (Wildman–Crippen LogP) is 6.86. The molecule has 26 heavy (non-hydrogen) atoms. The first-order valence-corrected chi connectivity index (χ1v) is 9.33. The number of hydrogen-bond donors (Lipinski definition) is 1. The Bertz CT molecular complexity index is 1090. The van der Waals surface area contributed by atoms with Crippen LogP contribution >= 0.6 is 34.5 Å². The normalized spacial score (nSPS) is 11.1. The van der Waals surface area contributed by atoms with Gasteiger partial charge in [-0.1, -0.05) is 41.4 Å². The number of rotatable bonds is 3. The smallest absolute Gasteiger partial charge is 0.143 e. The molecule has 3 nitrogen and oxygen atoms in total. The summed E-state index contributed by atoms with van der Waals surface area (Å²) in [6, 6.07) is 11.7. The minimum absolute atomic E-state index is 0.275. The van der Waals surface area contributed by atoms with E-state index in [0.29, 0.717) is 21.6 Å². The van der Waals surface area contributed by atoms with E-state index in [1.807, 2.05) is 6.92 Å². The largest absolute Gasteiger partial charge is 0.337 e. The summed E-state index contributed by atoms with van der Waals surface area (Å²) in [5.41, 5.74) is 2.46. The molecule has 2 aromatic carbocycles. The van der Waals surface area contributed by atoms with Crippen LogP contribution in [0.25, 0.3) is 21.3 Å². The Morgan fingerprint density at radius 2 is 1.69 bits per heavy atom. The van der Waals surface area contributed by atoms with E-state index < -0.39 is 0 Å². The van der Waals surface area contributed by atoms with Gasteiger partial charge in [-0.2, -0.15) is 0 Å². The van der Waals surface area contributed by atoms with Crippen LogP contribution in [0.2, 0.25) is 10.0 Å². The number of aromatic nitrogens is 2. The van der Waals surface area contributed by atoms with Crippen LogP contribution in [0.15, 0.2) is 48.8 Å². The molecular formula is C19H12Cl2FN3S. The van der Waals surface area contributed by atoms with E-state index in [1.165, 1.54) is 18.5 Å². The lowest BCUT2D eigenvalue weighted by Crippen LogP contribution is -1.97. The van der Waals surface area contributed by atoms with Gasteiger partial charge >= 0.3 is 0 Å². The van der Waals surface area contributed by atoms with E-state index >= 15 is 0 Å². The maximum atomic E-state index is 13.3. The topological polar surface area (TPSA) is 37.8 Å². The van der Waals surface area contributed by atoms with Crippen LogP contribution in [0.3, 0.4) is 0 Å². The Morgan fingerprint density at radius 3 is 2.38 bits per heavy atom. The number of nitrogens with zero attached hydrogens (tertiary/aromatic N) is 2. The Balaban J connectivity index is 1.92. The highest BCUT2D eigenvalue weighted by Gasteiger charge is 2.18. The van der Waals surface area contributed by atoms with Crippen LogP contribution in [0.4, 0.5) is 15.9 Å². The third-order valence-corrected chi connectivity index (χ3v) is 5.65. The predicted molar refractivity (Wildman–Crippen MR) is 107 cm³/mol. The molecule has 0 fully saturated rings. The number of thiophene rings is 1. The van der Waals surface area contributed by atoms with E-state index in [1.54, 1.807) is 41.7 Å². The first-order chi connectivity index (χ1) is 12.5. The molecule has 2 heterocycles. The molecule has 0 aliphatic rings. The first kappa shape index (κ1) is 17.2. The Morgan fingerprint density at radius 1 is 1.00 bits per heavy atom. The number of aryl methyl sites for hydroxylation is 1. The Hall–Kier alpha value is -2.21. The van der Waals surface area contributed by atoms with Gasteiger partial charge in [0.05, 0.1) is 21.1 Å². The Kier molecular flexibility index (Phi) is 4.53. The lowest BCUT2D eigenvalue weighted by atomic mass is 10.0. The fraction of sp³-hybridized carbons (Fsp3) is 0.0526. The maximum Gasteiger partial charge on any atom is 0.143 e. The Labute approximate surface area is 163 Å². The second-order valence-corrected chi connectivity index (χ2v) is 7.68. The van der Waals surface area contributed by atoms with E-state index in [0.717, 1.165) is 26.2 Å². The lowest BCUT2D eigenvalue weighted by Gasteiger charge is -2.11. The molecule has 0 aliphatic carbocycles. The van der Waals surface area contributed by atoms with Crippen molar-refractivity contribution in [3.8, 4) is 11.1 Å². The molecule has 7 heteroatoms. The van der Waals surface area contributed by atoms with Crippen molar-refractivity contribution in [3.63, 3.8) is 0 Å². The van der Waals surface area contributed by atoms with Gasteiger partial charge in [0, 0.05) is 10.4 Å².